The number of nitrogens with zero attached hydrogens (tertiary/aromatic N) is 1. The second-order valence-corrected chi connectivity index (χ2v) is 6.34. The lowest BCUT2D eigenvalue weighted by Crippen LogP contribution is -2.44. The molecule has 0 aliphatic carbocycles. The van der Waals surface area contributed by atoms with E-state index in [-0.39, 0.29) is 10.6 Å². The van der Waals surface area contributed by atoms with E-state index < -0.39 is 46.5 Å². The number of aromatic hydroxyl groups is 1. The molecule has 1 atom stereocenters. The van der Waals surface area contributed by atoms with Crippen LogP contribution < -0.4 is 5.32 Å². The molecular weight excluding hydrogens is 344 g/mol. The standard InChI is InChI=1S/C14H17ClN2O7/c1-14(2,3)24-13(21)16-9(12(19)20)4-7-5-10(17(22)23)8(15)6-11(7)18/h5-6,9,18H,4H2,1-3H3,(H,16,21)(H,19,20). The number of nitro groups is 1. The summed E-state index contributed by atoms with van der Waals surface area (Å²) in [4.78, 5) is 33.1. The molecule has 1 aromatic carbocycles. The van der Waals surface area contributed by atoms with Gasteiger partial charge in [0.1, 0.15) is 22.4 Å². The van der Waals surface area contributed by atoms with E-state index in [1.807, 2.05) is 0 Å². The molecule has 0 aromatic heterocycles. The van der Waals surface area contributed by atoms with Crippen LogP contribution in [0.25, 0.3) is 0 Å². The van der Waals surface area contributed by atoms with Crippen LogP contribution in [0.5, 0.6) is 5.75 Å². The number of rotatable bonds is 5. The Labute approximate surface area is 142 Å². The summed E-state index contributed by atoms with van der Waals surface area (Å²) < 4.78 is 4.96. The maximum absolute atomic E-state index is 11.7. The minimum Gasteiger partial charge on any atom is -0.508 e. The zero-order chi connectivity index (χ0) is 18.7. The molecule has 132 valence electrons. The number of benzene rings is 1. The van der Waals surface area contributed by atoms with Crippen LogP contribution in [-0.2, 0) is 16.0 Å². The third-order valence-electron chi connectivity index (χ3n) is 2.76. The van der Waals surface area contributed by atoms with Crippen LogP contribution in [0.15, 0.2) is 12.1 Å². The summed E-state index contributed by atoms with van der Waals surface area (Å²) >= 11 is 5.64. The summed E-state index contributed by atoms with van der Waals surface area (Å²) in [6.45, 7) is 4.82. The van der Waals surface area contributed by atoms with Crippen molar-refractivity contribution >= 4 is 29.4 Å². The normalized spacial score (nSPS) is 12.3. The first-order valence-corrected chi connectivity index (χ1v) is 7.16. The van der Waals surface area contributed by atoms with Crippen molar-refractivity contribution in [2.45, 2.75) is 38.8 Å². The number of carboxylic acids is 1. The molecule has 0 aliphatic heterocycles. The summed E-state index contributed by atoms with van der Waals surface area (Å²) in [5, 5.41) is 31.7. The highest BCUT2D eigenvalue weighted by Gasteiger charge is 2.26. The number of hydrogen-bond donors (Lipinski definition) is 3. The summed E-state index contributed by atoms with van der Waals surface area (Å²) in [6, 6.07) is 0.456. The minimum absolute atomic E-state index is 0.0467. The number of amides is 1. The number of carbonyl (C=O) groups excluding carboxylic acids is 1. The molecule has 1 unspecified atom stereocenters. The molecule has 1 amide bonds. The van der Waals surface area contributed by atoms with Crippen molar-refractivity contribution in [3.05, 3.63) is 32.8 Å². The Morgan fingerprint density at radius 2 is 2.00 bits per heavy atom. The molecule has 0 heterocycles. The molecule has 9 nitrogen and oxygen atoms in total. The number of ether oxygens (including phenoxy) is 1. The first kappa shape index (κ1) is 19.5. The van der Waals surface area contributed by atoms with E-state index in [4.69, 9.17) is 16.3 Å². The van der Waals surface area contributed by atoms with Gasteiger partial charge < -0.3 is 20.3 Å². The van der Waals surface area contributed by atoms with Gasteiger partial charge >= 0.3 is 12.1 Å². The number of nitrogens with one attached hydrogen (secondary N) is 1. The number of halogens is 1. The summed E-state index contributed by atoms with van der Waals surface area (Å²) in [6.07, 6.45) is -1.35. The average molecular weight is 361 g/mol. The van der Waals surface area contributed by atoms with Crippen LogP contribution in [0, 0.1) is 10.1 Å². The average Bonchev–Trinajstić information content (AvgIpc) is 2.37. The molecular formula is C14H17ClN2O7. The van der Waals surface area contributed by atoms with Crippen molar-refractivity contribution < 1.29 is 29.5 Å². The van der Waals surface area contributed by atoms with Gasteiger partial charge in [0.25, 0.3) is 5.69 Å². The largest absolute Gasteiger partial charge is 0.508 e. The SMILES string of the molecule is CC(C)(C)OC(=O)NC(Cc1cc([N+](=O)[O-])c(Cl)cc1O)C(=O)O. The number of hydrogen-bond acceptors (Lipinski definition) is 6. The van der Waals surface area contributed by atoms with E-state index in [0.29, 0.717) is 0 Å². The monoisotopic (exact) mass is 360 g/mol. The van der Waals surface area contributed by atoms with Crippen molar-refractivity contribution in [2.24, 2.45) is 0 Å². The van der Waals surface area contributed by atoms with E-state index in [2.05, 4.69) is 5.32 Å². The fourth-order valence-corrected chi connectivity index (χ4v) is 1.99. The number of carboxylic acid groups (broad SMARTS) is 1. The fraction of sp³-hybridized carbons (Fsp3) is 0.429. The molecule has 1 rings (SSSR count). The van der Waals surface area contributed by atoms with Crippen molar-refractivity contribution in [3.63, 3.8) is 0 Å². The van der Waals surface area contributed by atoms with Crippen molar-refractivity contribution in [1.29, 1.82) is 0 Å². The first-order chi connectivity index (χ1) is 10.9. The van der Waals surface area contributed by atoms with Crippen LogP contribution in [0.2, 0.25) is 5.02 Å². The van der Waals surface area contributed by atoms with Gasteiger partial charge in [-0.25, -0.2) is 9.59 Å². The highest BCUT2D eigenvalue weighted by molar-refractivity contribution is 6.32. The van der Waals surface area contributed by atoms with E-state index in [1.165, 1.54) is 0 Å². The predicted molar refractivity (Wildman–Crippen MR) is 84.3 cm³/mol. The van der Waals surface area contributed by atoms with Gasteiger partial charge in [-0.05, 0) is 20.8 Å². The highest BCUT2D eigenvalue weighted by Crippen LogP contribution is 2.32. The number of phenols is 1. The summed E-state index contributed by atoms with van der Waals surface area (Å²) in [7, 11) is 0. The number of carbonyl (C=O) groups is 2. The molecule has 0 saturated carbocycles. The molecule has 0 aliphatic rings. The minimum atomic E-state index is -1.45. The zero-order valence-corrected chi connectivity index (χ0v) is 14.0. The molecule has 0 spiro atoms. The lowest BCUT2D eigenvalue weighted by Gasteiger charge is -2.22. The topological polar surface area (TPSA) is 139 Å². The second-order valence-electron chi connectivity index (χ2n) is 5.93. The lowest BCUT2D eigenvalue weighted by molar-refractivity contribution is -0.384. The van der Waals surface area contributed by atoms with Crippen molar-refractivity contribution in [1.82, 2.24) is 5.32 Å². The number of aliphatic carboxylic acids is 1. The van der Waals surface area contributed by atoms with Crippen LogP contribution >= 0.6 is 11.6 Å². The summed E-state index contributed by atoms with van der Waals surface area (Å²) in [5.74, 6) is -1.80. The zero-order valence-electron chi connectivity index (χ0n) is 13.2. The van der Waals surface area contributed by atoms with E-state index in [9.17, 15) is 29.9 Å². The van der Waals surface area contributed by atoms with Crippen LogP contribution in [0.1, 0.15) is 26.3 Å². The quantitative estimate of drug-likeness (QED) is 0.541. The molecule has 0 radical (unpaired) electrons. The third-order valence-corrected chi connectivity index (χ3v) is 3.06. The Morgan fingerprint density at radius 3 is 2.46 bits per heavy atom. The highest BCUT2D eigenvalue weighted by atomic mass is 35.5. The van der Waals surface area contributed by atoms with E-state index in [1.54, 1.807) is 20.8 Å². The van der Waals surface area contributed by atoms with E-state index >= 15 is 0 Å². The number of alkyl carbamates (subject to hydrolysis) is 1. The molecule has 0 fully saturated rings. The van der Waals surface area contributed by atoms with Gasteiger partial charge in [-0.3, -0.25) is 10.1 Å². The Hall–Kier alpha value is -2.55. The Morgan fingerprint density at radius 1 is 1.42 bits per heavy atom. The summed E-state index contributed by atoms with van der Waals surface area (Å²) in [5.41, 5.74) is -1.35. The van der Waals surface area contributed by atoms with Gasteiger partial charge in [0.2, 0.25) is 0 Å². The third kappa shape index (κ3) is 5.58. The smallest absolute Gasteiger partial charge is 0.408 e. The molecule has 3 N–H and O–H groups in total. The number of nitro benzene ring substituents is 1. The van der Waals surface area contributed by atoms with Gasteiger partial charge in [-0.15, -0.1) is 0 Å². The molecule has 10 heteroatoms. The van der Waals surface area contributed by atoms with Crippen molar-refractivity contribution in [3.8, 4) is 5.75 Å². The van der Waals surface area contributed by atoms with Gasteiger partial charge in [-0.1, -0.05) is 11.6 Å². The Bertz CT molecular complexity index is 670. The van der Waals surface area contributed by atoms with Crippen LogP contribution in [0.4, 0.5) is 10.5 Å². The fourth-order valence-electron chi connectivity index (χ4n) is 1.77. The molecule has 24 heavy (non-hydrogen) atoms. The van der Waals surface area contributed by atoms with Crippen molar-refractivity contribution in [2.75, 3.05) is 0 Å². The maximum atomic E-state index is 11.7. The second kappa shape index (κ2) is 7.35. The number of phenolic OH excluding ortho intramolecular Hbond substituents is 1. The molecule has 0 bridgehead atoms. The lowest BCUT2D eigenvalue weighted by atomic mass is 10.0. The predicted octanol–water partition coefficient (Wildman–Crippen LogP) is 2.47. The van der Waals surface area contributed by atoms with Crippen LogP contribution in [0.3, 0.4) is 0 Å². The Balaban J connectivity index is 3.01. The molecule has 0 saturated heterocycles. The van der Waals surface area contributed by atoms with Crippen LogP contribution in [-0.4, -0.2) is 38.8 Å². The van der Waals surface area contributed by atoms with Gasteiger partial charge in [-0.2, -0.15) is 0 Å². The first-order valence-electron chi connectivity index (χ1n) is 6.79. The van der Waals surface area contributed by atoms with E-state index in [0.717, 1.165) is 12.1 Å². The maximum Gasteiger partial charge on any atom is 0.408 e. The van der Waals surface area contributed by atoms with Gasteiger partial charge in [0.15, 0.2) is 0 Å². The van der Waals surface area contributed by atoms with Gasteiger partial charge in [0, 0.05) is 24.1 Å². The molecule has 1 aromatic rings. The Kier molecular flexibility index (Phi) is 5.97. The van der Waals surface area contributed by atoms with Gasteiger partial charge in [0.05, 0.1) is 4.92 Å².